The molecule has 0 atom stereocenters. The lowest BCUT2D eigenvalue weighted by Gasteiger charge is -1.87. The third-order valence-corrected chi connectivity index (χ3v) is 2.10. The van der Waals surface area contributed by atoms with E-state index in [0.717, 1.165) is 9.48 Å². The van der Waals surface area contributed by atoms with E-state index in [0.29, 0.717) is 6.61 Å². The van der Waals surface area contributed by atoms with Crippen LogP contribution in [0.25, 0.3) is 0 Å². The predicted octanol–water partition coefficient (Wildman–Crippen LogP) is 2.05. The molecule has 0 fully saturated rings. The molecule has 0 N–H and O–H groups in total. The Morgan fingerprint density at radius 1 is 1.89 bits per heavy atom. The summed E-state index contributed by atoms with van der Waals surface area (Å²) < 4.78 is 9.99. The summed E-state index contributed by atoms with van der Waals surface area (Å²) >= 11 is 4.73. The van der Waals surface area contributed by atoms with Gasteiger partial charge in [-0.1, -0.05) is 0 Å². The molecule has 9 heavy (non-hydrogen) atoms. The van der Waals surface area contributed by atoms with Gasteiger partial charge in [-0.3, -0.25) is 0 Å². The smallest absolute Gasteiger partial charge is 0.0909 e. The van der Waals surface area contributed by atoms with Crippen LogP contribution in [0.1, 0.15) is 5.69 Å². The third-order valence-electron chi connectivity index (χ3n) is 0.822. The van der Waals surface area contributed by atoms with Crippen LogP contribution in [0.3, 0.4) is 0 Å². The maximum Gasteiger partial charge on any atom is 0.0909 e. The van der Waals surface area contributed by atoms with Crippen LogP contribution < -0.4 is 0 Å². The first-order chi connectivity index (χ1) is 4.33. The van der Waals surface area contributed by atoms with Gasteiger partial charge in [0.15, 0.2) is 0 Å². The van der Waals surface area contributed by atoms with Crippen LogP contribution in [0.4, 0.5) is 0 Å². The maximum absolute atomic E-state index is 4.86. The third kappa shape index (κ3) is 2.04. The summed E-state index contributed by atoms with van der Waals surface area (Å²) in [5.41, 5.74) is 0.981. The number of aromatic nitrogens is 1. The highest BCUT2D eigenvalue weighted by Crippen LogP contribution is 2.16. The molecule has 0 saturated carbocycles. The summed E-state index contributed by atoms with van der Waals surface area (Å²) in [4.78, 5) is 0. The van der Waals surface area contributed by atoms with Crippen molar-refractivity contribution in [3.63, 3.8) is 0 Å². The van der Waals surface area contributed by atoms with E-state index in [1.165, 1.54) is 11.5 Å². The molecule has 0 radical (unpaired) electrons. The normalized spacial score (nSPS) is 10.0. The van der Waals surface area contributed by atoms with Crippen molar-refractivity contribution >= 4 is 27.5 Å². The van der Waals surface area contributed by atoms with Gasteiger partial charge in [-0.05, 0) is 33.5 Å². The van der Waals surface area contributed by atoms with Crippen LogP contribution >= 0.6 is 27.5 Å². The molecule has 0 bridgehead atoms. The van der Waals surface area contributed by atoms with Gasteiger partial charge in [-0.2, -0.15) is 4.37 Å². The number of ether oxygens (including phenoxy) is 1. The van der Waals surface area contributed by atoms with Crippen LogP contribution in [0.2, 0.25) is 0 Å². The molecule has 0 aliphatic carbocycles. The van der Waals surface area contributed by atoms with Crippen LogP contribution in [0.5, 0.6) is 0 Å². The van der Waals surface area contributed by atoms with Crippen molar-refractivity contribution in [3.05, 3.63) is 15.5 Å². The van der Waals surface area contributed by atoms with E-state index in [-0.39, 0.29) is 0 Å². The molecule has 1 rings (SSSR count). The van der Waals surface area contributed by atoms with Crippen LogP contribution in [0, 0.1) is 0 Å². The number of hydrogen-bond donors (Lipinski definition) is 0. The van der Waals surface area contributed by atoms with Gasteiger partial charge in [0, 0.05) is 7.11 Å². The lowest BCUT2D eigenvalue weighted by atomic mass is 10.5. The molecule has 50 valence electrons. The van der Waals surface area contributed by atoms with Crippen molar-refractivity contribution in [2.24, 2.45) is 0 Å². The highest BCUT2D eigenvalue weighted by Gasteiger charge is 1.95. The van der Waals surface area contributed by atoms with Crippen molar-refractivity contribution in [2.45, 2.75) is 6.61 Å². The minimum absolute atomic E-state index is 0.599. The van der Waals surface area contributed by atoms with Gasteiger partial charge < -0.3 is 4.74 Å². The Labute approximate surface area is 66.1 Å². The van der Waals surface area contributed by atoms with E-state index in [2.05, 4.69) is 20.3 Å². The Morgan fingerprint density at radius 2 is 2.67 bits per heavy atom. The topological polar surface area (TPSA) is 22.1 Å². The van der Waals surface area contributed by atoms with E-state index < -0.39 is 0 Å². The standard InChI is InChI=1S/C5H6BrNOS/c1-8-3-4-2-5(6)9-7-4/h2H,3H2,1H3. The van der Waals surface area contributed by atoms with Gasteiger partial charge in [-0.25, -0.2) is 0 Å². The zero-order valence-electron chi connectivity index (χ0n) is 4.93. The maximum atomic E-state index is 4.86. The molecule has 1 aromatic rings. The molecule has 1 heterocycles. The van der Waals surface area contributed by atoms with E-state index >= 15 is 0 Å². The zero-order valence-corrected chi connectivity index (χ0v) is 7.33. The number of nitrogens with zero attached hydrogens (tertiary/aromatic N) is 1. The minimum atomic E-state index is 0.599. The van der Waals surface area contributed by atoms with Crippen LogP contribution in [-0.4, -0.2) is 11.5 Å². The first kappa shape index (κ1) is 7.18. The Balaban J connectivity index is 2.61. The van der Waals surface area contributed by atoms with Gasteiger partial charge in [0.1, 0.15) is 0 Å². The molecule has 0 aromatic carbocycles. The molecular formula is C5H6BrNOS. The van der Waals surface area contributed by atoms with Crippen molar-refractivity contribution in [2.75, 3.05) is 7.11 Å². The predicted molar refractivity (Wildman–Crippen MR) is 40.5 cm³/mol. The first-order valence-corrected chi connectivity index (χ1v) is 3.99. The average Bonchev–Trinajstić information content (AvgIpc) is 2.17. The number of methoxy groups -OCH3 is 1. The van der Waals surface area contributed by atoms with Gasteiger partial charge in [0.2, 0.25) is 0 Å². The SMILES string of the molecule is COCc1cc(Br)sn1. The first-order valence-electron chi connectivity index (χ1n) is 2.43. The fraction of sp³-hybridized carbons (Fsp3) is 0.400. The number of hydrogen-bond acceptors (Lipinski definition) is 3. The second-order valence-corrected chi connectivity index (χ2v) is 3.74. The zero-order chi connectivity index (χ0) is 6.69. The second kappa shape index (κ2) is 3.29. The van der Waals surface area contributed by atoms with Gasteiger partial charge >= 0.3 is 0 Å². The largest absolute Gasteiger partial charge is 0.378 e. The average molecular weight is 208 g/mol. The highest BCUT2D eigenvalue weighted by molar-refractivity contribution is 9.11. The van der Waals surface area contributed by atoms with Gasteiger partial charge in [-0.15, -0.1) is 0 Å². The van der Waals surface area contributed by atoms with Crippen molar-refractivity contribution in [1.82, 2.24) is 4.37 Å². The van der Waals surface area contributed by atoms with Crippen LogP contribution in [0.15, 0.2) is 9.85 Å². The molecule has 0 aliphatic rings. The van der Waals surface area contributed by atoms with E-state index in [4.69, 9.17) is 4.74 Å². The summed E-state index contributed by atoms with van der Waals surface area (Å²) in [7, 11) is 1.66. The summed E-state index contributed by atoms with van der Waals surface area (Å²) in [5, 5.41) is 0. The molecule has 0 spiro atoms. The van der Waals surface area contributed by atoms with Crippen LogP contribution in [-0.2, 0) is 11.3 Å². The second-order valence-electron chi connectivity index (χ2n) is 1.56. The van der Waals surface area contributed by atoms with Crippen molar-refractivity contribution in [3.8, 4) is 0 Å². The van der Waals surface area contributed by atoms with Gasteiger partial charge in [0.05, 0.1) is 16.1 Å². The van der Waals surface area contributed by atoms with E-state index in [1.54, 1.807) is 7.11 Å². The van der Waals surface area contributed by atoms with Crippen molar-refractivity contribution < 1.29 is 4.74 Å². The number of halogens is 1. The monoisotopic (exact) mass is 207 g/mol. The van der Waals surface area contributed by atoms with E-state index in [1.807, 2.05) is 6.07 Å². The van der Waals surface area contributed by atoms with Gasteiger partial charge in [0.25, 0.3) is 0 Å². The quantitative estimate of drug-likeness (QED) is 0.741. The molecule has 1 aromatic heterocycles. The lowest BCUT2D eigenvalue weighted by molar-refractivity contribution is 0.182. The Hall–Kier alpha value is 0.0700. The Bertz CT molecular complexity index is 189. The van der Waals surface area contributed by atoms with Crippen molar-refractivity contribution in [1.29, 1.82) is 0 Å². The fourth-order valence-electron chi connectivity index (χ4n) is 0.502. The summed E-state index contributed by atoms with van der Waals surface area (Å²) in [6.45, 7) is 0.599. The highest BCUT2D eigenvalue weighted by atomic mass is 79.9. The van der Waals surface area contributed by atoms with E-state index in [9.17, 15) is 0 Å². The molecule has 4 heteroatoms. The molecule has 0 unspecified atom stereocenters. The summed E-state index contributed by atoms with van der Waals surface area (Å²) in [6, 6.07) is 1.95. The minimum Gasteiger partial charge on any atom is -0.378 e. The lowest BCUT2D eigenvalue weighted by Crippen LogP contribution is -1.84. The molecule has 0 saturated heterocycles. The summed E-state index contributed by atoms with van der Waals surface area (Å²) in [6.07, 6.45) is 0. The molecule has 0 aliphatic heterocycles. The molecule has 2 nitrogen and oxygen atoms in total. The number of rotatable bonds is 2. The summed E-state index contributed by atoms with van der Waals surface area (Å²) in [5.74, 6) is 0. The Morgan fingerprint density at radius 3 is 3.11 bits per heavy atom. The Kier molecular flexibility index (Phi) is 2.63. The fourth-order valence-corrected chi connectivity index (χ4v) is 1.48. The molecular weight excluding hydrogens is 202 g/mol. The molecule has 0 amide bonds.